The lowest BCUT2D eigenvalue weighted by Gasteiger charge is -2.04. The molecule has 78 valence electrons. The molecule has 1 N–H and O–H groups in total. The first kappa shape index (κ1) is 11.2. The van der Waals surface area contributed by atoms with Crippen molar-refractivity contribution in [2.75, 3.05) is 26.8 Å². The van der Waals surface area contributed by atoms with Crippen LogP contribution in [0.25, 0.3) is 0 Å². The third-order valence-corrected chi connectivity index (χ3v) is 2.19. The van der Waals surface area contributed by atoms with E-state index in [1.165, 1.54) is 11.1 Å². The molecule has 0 aliphatic carbocycles. The molecule has 1 aromatic carbocycles. The van der Waals surface area contributed by atoms with Crippen LogP contribution in [-0.4, -0.2) is 26.8 Å². The van der Waals surface area contributed by atoms with Gasteiger partial charge in [-0.25, -0.2) is 0 Å². The fourth-order valence-electron chi connectivity index (χ4n) is 1.29. The Labute approximate surface area is 86.3 Å². The molecule has 2 nitrogen and oxygen atoms in total. The van der Waals surface area contributed by atoms with E-state index in [9.17, 15) is 0 Å². The lowest BCUT2D eigenvalue weighted by Crippen LogP contribution is -2.21. The van der Waals surface area contributed by atoms with E-state index >= 15 is 0 Å². The molecule has 0 aliphatic rings. The molecule has 0 saturated carbocycles. The molecular weight excluding hydrogens is 174 g/mol. The third-order valence-electron chi connectivity index (χ3n) is 2.19. The lowest BCUT2D eigenvalue weighted by atomic mass is 10.1. The van der Waals surface area contributed by atoms with Gasteiger partial charge in [0.1, 0.15) is 0 Å². The number of nitrogens with one attached hydrogen (secondary N) is 1. The summed E-state index contributed by atoms with van der Waals surface area (Å²) in [6, 6.07) is 8.69. The smallest absolute Gasteiger partial charge is 0.0587 e. The number of hydrogen-bond acceptors (Lipinski definition) is 2. The molecule has 1 aromatic rings. The van der Waals surface area contributed by atoms with Gasteiger partial charge in [-0.3, -0.25) is 0 Å². The summed E-state index contributed by atoms with van der Waals surface area (Å²) >= 11 is 0. The summed E-state index contributed by atoms with van der Waals surface area (Å²) in [5.74, 6) is 0. The quantitative estimate of drug-likeness (QED) is 0.695. The Hall–Kier alpha value is -0.860. The van der Waals surface area contributed by atoms with Gasteiger partial charge >= 0.3 is 0 Å². The van der Waals surface area contributed by atoms with Crippen molar-refractivity contribution in [1.82, 2.24) is 5.32 Å². The maximum Gasteiger partial charge on any atom is 0.0587 e. The molecule has 0 heterocycles. The molecule has 14 heavy (non-hydrogen) atoms. The molecule has 0 spiro atoms. The minimum absolute atomic E-state index is 0.786. The van der Waals surface area contributed by atoms with E-state index in [-0.39, 0.29) is 0 Å². The van der Waals surface area contributed by atoms with Gasteiger partial charge in [-0.1, -0.05) is 29.8 Å². The Morgan fingerprint density at radius 1 is 1.14 bits per heavy atom. The second-order valence-corrected chi connectivity index (χ2v) is 3.48. The number of rotatable bonds is 6. The standard InChI is InChI=1S/C12H19NO/c1-11-3-5-12(6-4-11)7-8-13-9-10-14-2/h3-6,13H,7-10H2,1-2H3. The average molecular weight is 193 g/mol. The van der Waals surface area contributed by atoms with E-state index in [0.717, 1.165) is 26.1 Å². The first-order valence-corrected chi connectivity index (χ1v) is 5.08. The van der Waals surface area contributed by atoms with E-state index in [4.69, 9.17) is 4.74 Å². The van der Waals surface area contributed by atoms with Crippen molar-refractivity contribution < 1.29 is 4.74 Å². The Bertz CT molecular complexity index is 243. The monoisotopic (exact) mass is 193 g/mol. The van der Waals surface area contributed by atoms with Gasteiger partial charge in [-0.05, 0) is 25.5 Å². The predicted molar refractivity (Wildman–Crippen MR) is 59.6 cm³/mol. The summed E-state index contributed by atoms with van der Waals surface area (Å²) in [4.78, 5) is 0. The van der Waals surface area contributed by atoms with Gasteiger partial charge in [-0.2, -0.15) is 0 Å². The predicted octanol–water partition coefficient (Wildman–Crippen LogP) is 1.77. The minimum Gasteiger partial charge on any atom is -0.383 e. The Balaban J connectivity index is 2.15. The van der Waals surface area contributed by atoms with Gasteiger partial charge in [0.05, 0.1) is 6.61 Å². The maximum atomic E-state index is 4.95. The zero-order chi connectivity index (χ0) is 10.2. The van der Waals surface area contributed by atoms with Crippen LogP contribution >= 0.6 is 0 Å². The van der Waals surface area contributed by atoms with Crippen LogP contribution in [0.1, 0.15) is 11.1 Å². The van der Waals surface area contributed by atoms with Gasteiger partial charge < -0.3 is 10.1 Å². The van der Waals surface area contributed by atoms with Crippen LogP contribution in [0.5, 0.6) is 0 Å². The largest absolute Gasteiger partial charge is 0.383 e. The molecule has 0 aliphatic heterocycles. The summed E-state index contributed by atoms with van der Waals surface area (Å²) in [5, 5.41) is 3.32. The third kappa shape index (κ3) is 4.40. The van der Waals surface area contributed by atoms with Crippen LogP contribution in [-0.2, 0) is 11.2 Å². The fraction of sp³-hybridized carbons (Fsp3) is 0.500. The molecular formula is C12H19NO. The van der Waals surface area contributed by atoms with Gasteiger partial charge in [0.15, 0.2) is 0 Å². The van der Waals surface area contributed by atoms with Gasteiger partial charge in [0.25, 0.3) is 0 Å². The summed E-state index contributed by atoms with van der Waals surface area (Å²) in [6.07, 6.45) is 1.09. The fourth-order valence-corrected chi connectivity index (χ4v) is 1.29. The van der Waals surface area contributed by atoms with Crippen LogP contribution in [0.2, 0.25) is 0 Å². The van der Waals surface area contributed by atoms with Gasteiger partial charge in [0.2, 0.25) is 0 Å². The highest BCUT2D eigenvalue weighted by molar-refractivity contribution is 5.21. The van der Waals surface area contributed by atoms with E-state index in [2.05, 4.69) is 36.5 Å². The molecule has 0 fully saturated rings. The van der Waals surface area contributed by atoms with E-state index in [1.54, 1.807) is 7.11 Å². The lowest BCUT2D eigenvalue weighted by molar-refractivity contribution is 0.199. The Morgan fingerprint density at radius 3 is 2.50 bits per heavy atom. The second-order valence-electron chi connectivity index (χ2n) is 3.48. The van der Waals surface area contributed by atoms with Gasteiger partial charge in [-0.15, -0.1) is 0 Å². The van der Waals surface area contributed by atoms with Crippen LogP contribution in [0.3, 0.4) is 0 Å². The summed E-state index contributed by atoms with van der Waals surface area (Å²) < 4.78 is 4.95. The van der Waals surface area contributed by atoms with Crippen molar-refractivity contribution in [3.8, 4) is 0 Å². The van der Waals surface area contributed by atoms with Crippen LogP contribution < -0.4 is 5.32 Å². The highest BCUT2D eigenvalue weighted by atomic mass is 16.5. The van der Waals surface area contributed by atoms with Crippen molar-refractivity contribution >= 4 is 0 Å². The first-order chi connectivity index (χ1) is 6.83. The molecule has 0 saturated heterocycles. The second kappa shape index (κ2) is 6.57. The highest BCUT2D eigenvalue weighted by Gasteiger charge is 1.92. The van der Waals surface area contributed by atoms with Crippen molar-refractivity contribution in [3.63, 3.8) is 0 Å². The van der Waals surface area contributed by atoms with Crippen molar-refractivity contribution in [2.24, 2.45) is 0 Å². The molecule has 0 aromatic heterocycles. The molecule has 0 radical (unpaired) electrons. The minimum atomic E-state index is 0.786. The molecule has 0 bridgehead atoms. The number of hydrogen-bond donors (Lipinski definition) is 1. The van der Waals surface area contributed by atoms with Crippen LogP contribution in [0, 0.1) is 6.92 Å². The number of benzene rings is 1. The van der Waals surface area contributed by atoms with Crippen molar-refractivity contribution in [1.29, 1.82) is 0 Å². The van der Waals surface area contributed by atoms with E-state index in [1.807, 2.05) is 0 Å². The SMILES string of the molecule is COCCNCCc1ccc(C)cc1. The van der Waals surface area contributed by atoms with Crippen molar-refractivity contribution in [3.05, 3.63) is 35.4 Å². The maximum absolute atomic E-state index is 4.95. The normalized spacial score (nSPS) is 10.4. The zero-order valence-electron chi connectivity index (χ0n) is 9.05. The molecule has 0 amide bonds. The zero-order valence-corrected chi connectivity index (χ0v) is 9.05. The van der Waals surface area contributed by atoms with E-state index < -0.39 is 0 Å². The number of methoxy groups -OCH3 is 1. The highest BCUT2D eigenvalue weighted by Crippen LogP contribution is 2.02. The number of ether oxygens (including phenoxy) is 1. The molecule has 0 atom stereocenters. The van der Waals surface area contributed by atoms with Crippen LogP contribution in [0.4, 0.5) is 0 Å². The van der Waals surface area contributed by atoms with Crippen LogP contribution in [0.15, 0.2) is 24.3 Å². The Kier molecular flexibility index (Phi) is 5.27. The average Bonchev–Trinajstić information content (AvgIpc) is 2.21. The first-order valence-electron chi connectivity index (χ1n) is 5.08. The van der Waals surface area contributed by atoms with E-state index in [0.29, 0.717) is 0 Å². The van der Waals surface area contributed by atoms with Gasteiger partial charge in [0, 0.05) is 13.7 Å². The molecule has 0 unspecified atom stereocenters. The summed E-state index contributed by atoms with van der Waals surface area (Å²) in [7, 11) is 1.72. The summed E-state index contributed by atoms with van der Waals surface area (Å²) in [6.45, 7) is 4.85. The number of aryl methyl sites for hydroxylation is 1. The topological polar surface area (TPSA) is 21.3 Å². The molecule has 2 heteroatoms. The summed E-state index contributed by atoms with van der Waals surface area (Å²) in [5.41, 5.74) is 2.71. The molecule has 1 rings (SSSR count). The van der Waals surface area contributed by atoms with Crippen molar-refractivity contribution in [2.45, 2.75) is 13.3 Å². The Morgan fingerprint density at radius 2 is 1.86 bits per heavy atom.